The molecule has 1 aromatic rings. The van der Waals surface area contributed by atoms with E-state index in [4.69, 9.17) is 0 Å². The van der Waals surface area contributed by atoms with Crippen molar-refractivity contribution in [2.75, 3.05) is 11.9 Å². The summed E-state index contributed by atoms with van der Waals surface area (Å²) in [5.74, 6) is -0.250. The third-order valence-corrected chi connectivity index (χ3v) is 3.98. The van der Waals surface area contributed by atoms with Gasteiger partial charge >= 0.3 is 0 Å². The first-order valence-electron chi connectivity index (χ1n) is 8.32. The van der Waals surface area contributed by atoms with Crippen LogP contribution in [0.15, 0.2) is 66.7 Å². The van der Waals surface area contributed by atoms with E-state index in [9.17, 15) is 9.59 Å². The van der Waals surface area contributed by atoms with E-state index in [1.807, 2.05) is 49.4 Å². The van der Waals surface area contributed by atoms with E-state index in [2.05, 4.69) is 10.6 Å². The molecule has 0 spiro atoms. The Labute approximate surface area is 147 Å². The van der Waals surface area contributed by atoms with E-state index >= 15 is 0 Å². The number of fused-ring (bicyclic) bond motifs is 1. The lowest BCUT2D eigenvalue weighted by Crippen LogP contribution is -2.23. The van der Waals surface area contributed by atoms with Gasteiger partial charge in [-0.3, -0.25) is 9.59 Å². The fraction of sp³-hybridized carbons (Fsp3) is 0.143. The minimum atomic E-state index is -0.145. The largest absolute Gasteiger partial charge is 0.352 e. The molecule has 0 aliphatic heterocycles. The number of carbonyl (C=O) groups is 2. The van der Waals surface area contributed by atoms with Crippen molar-refractivity contribution in [1.29, 1.82) is 0 Å². The Hall–Kier alpha value is -3.14. The van der Waals surface area contributed by atoms with Crippen molar-refractivity contribution in [3.05, 3.63) is 77.9 Å². The molecule has 2 aliphatic carbocycles. The molecule has 2 aliphatic rings. The Balaban J connectivity index is 1.71. The van der Waals surface area contributed by atoms with Gasteiger partial charge in [-0.05, 0) is 41.8 Å². The lowest BCUT2D eigenvalue weighted by molar-refractivity contribution is -0.115. The number of benzene rings is 1. The van der Waals surface area contributed by atoms with E-state index in [1.54, 1.807) is 24.3 Å². The first kappa shape index (κ1) is 16.7. The summed E-state index contributed by atoms with van der Waals surface area (Å²) in [7, 11) is 0. The topological polar surface area (TPSA) is 58.2 Å². The van der Waals surface area contributed by atoms with Crippen molar-refractivity contribution >= 4 is 17.5 Å². The zero-order valence-electron chi connectivity index (χ0n) is 14.1. The van der Waals surface area contributed by atoms with Crippen LogP contribution < -0.4 is 10.6 Å². The van der Waals surface area contributed by atoms with Gasteiger partial charge in [0.15, 0.2) is 0 Å². The van der Waals surface area contributed by atoms with Gasteiger partial charge < -0.3 is 10.6 Å². The molecule has 0 fully saturated rings. The molecule has 0 heterocycles. The molecule has 4 heteroatoms. The summed E-state index contributed by atoms with van der Waals surface area (Å²) in [5, 5.41) is 5.62. The molecule has 0 aromatic heterocycles. The van der Waals surface area contributed by atoms with Crippen LogP contribution in [-0.4, -0.2) is 18.4 Å². The van der Waals surface area contributed by atoms with Crippen molar-refractivity contribution in [2.45, 2.75) is 13.3 Å². The molecule has 2 amide bonds. The van der Waals surface area contributed by atoms with Crippen molar-refractivity contribution in [1.82, 2.24) is 5.32 Å². The molecule has 0 saturated carbocycles. The Morgan fingerprint density at radius 2 is 1.76 bits per heavy atom. The molecule has 0 bridgehead atoms. The molecule has 0 unspecified atom stereocenters. The number of nitrogens with one attached hydrogen (secondary N) is 2. The van der Waals surface area contributed by atoms with Gasteiger partial charge in [-0.25, -0.2) is 0 Å². The second kappa shape index (κ2) is 7.62. The normalized spacial score (nSPS) is 10.4. The fourth-order valence-corrected chi connectivity index (χ4v) is 2.81. The van der Waals surface area contributed by atoms with Gasteiger partial charge in [-0.1, -0.05) is 48.5 Å². The third-order valence-electron chi connectivity index (χ3n) is 3.98. The third kappa shape index (κ3) is 4.04. The van der Waals surface area contributed by atoms with Gasteiger partial charge in [-0.2, -0.15) is 0 Å². The predicted molar refractivity (Wildman–Crippen MR) is 99.8 cm³/mol. The highest BCUT2D eigenvalue weighted by molar-refractivity contribution is 5.98. The van der Waals surface area contributed by atoms with Crippen LogP contribution in [0.5, 0.6) is 0 Å². The Kier molecular flexibility index (Phi) is 5.09. The van der Waals surface area contributed by atoms with E-state index in [1.165, 1.54) is 0 Å². The number of hydrogen-bond acceptors (Lipinski definition) is 2. The van der Waals surface area contributed by atoms with Crippen LogP contribution in [0.4, 0.5) is 5.69 Å². The molecule has 2 N–H and O–H groups in total. The number of rotatable bonds is 5. The van der Waals surface area contributed by atoms with Crippen molar-refractivity contribution < 1.29 is 9.59 Å². The number of amides is 2. The second-order valence-electron chi connectivity index (χ2n) is 5.80. The maximum Gasteiger partial charge on any atom is 0.251 e. The lowest BCUT2D eigenvalue weighted by atomic mass is 10.1. The van der Waals surface area contributed by atoms with Gasteiger partial charge in [0.25, 0.3) is 5.91 Å². The van der Waals surface area contributed by atoms with Crippen molar-refractivity contribution in [2.24, 2.45) is 0 Å². The summed E-state index contributed by atoms with van der Waals surface area (Å²) in [5.41, 5.74) is 4.34. The Bertz CT molecular complexity index is 873. The first-order valence-corrected chi connectivity index (χ1v) is 8.32. The summed E-state index contributed by atoms with van der Waals surface area (Å²) in [6.45, 7) is 2.44. The molecule has 0 saturated heterocycles. The van der Waals surface area contributed by atoms with Crippen molar-refractivity contribution in [3.63, 3.8) is 0 Å². The maximum atomic E-state index is 12.4. The standard InChI is InChI=1S/C21H20N2O2/c1-2-22-21(25)17-8-6-9-18(13-17)23-20(24)14-16-12-11-15-7-4-3-5-10-19(15)16/h3-13H,2,14H2,1H3,(H,22,25)(H,23,24). The monoisotopic (exact) mass is 332 g/mol. The zero-order chi connectivity index (χ0) is 17.6. The average Bonchev–Trinajstić information content (AvgIpc) is 2.82. The van der Waals surface area contributed by atoms with E-state index in [0.29, 0.717) is 24.2 Å². The van der Waals surface area contributed by atoms with Gasteiger partial charge in [0.1, 0.15) is 0 Å². The van der Waals surface area contributed by atoms with Crippen molar-refractivity contribution in [3.8, 4) is 11.1 Å². The minimum absolute atomic E-state index is 0.105. The summed E-state index contributed by atoms with van der Waals surface area (Å²) >= 11 is 0. The van der Waals surface area contributed by atoms with Crippen LogP contribution >= 0.6 is 0 Å². The lowest BCUT2D eigenvalue weighted by Gasteiger charge is -2.08. The molecule has 25 heavy (non-hydrogen) atoms. The van der Waals surface area contributed by atoms with Gasteiger partial charge in [0.05, 0.1) is 6.42 Å². The maximum absolute atomic E-state index is 12.4. The molecule has 3 rings (SSSR count). The van der Waals surface area contributed by atoms with Gasteiger partial charge in [-0.15, -0.1) is 0 Å². The van der Waals surface area contributed by atoms with Crippen LogP contribution in [0.3, 0.4) is 0 Å². The Morgan fingerprint density at radius 3 is 2.60 bits per heavy atom. The van der Waals surface area contributed by atoms with E-state index < -0.39 is 0 Å². The summed E-state index contributed by atoms with van der Waals surface area (Å²) in [6, 6.07) is 20.9. The highest BCUT2D eigenvalue weighted by atomic mass is 16.2. The summed E-state index contributed by atoms with van der Waals surface area (Å²) < 4.78 is 0. The average molecular weight is 332 g/mol. The predicted octanol–water partition coefficient (Wildman–Crippen LogP) is 3.72. The second-order valence-corrected chi connectivity index (χ2v) is 5.80. The van der Waals surface area contributed by atoms with E-state index in [-0.39, 0.29) is 11.8 Å². The fourth-order valence-electron chi connectivity index (χ4n) is 2.81. The van der Waals surface area contributed by atoms with Crippen LogP contribution in [-0.2, 0) is 11.2 Å². The molecular formula is C21H20N2O2. The number of hydrogen-bond donors (Lipinski definition) is 2. The quantitative estimate of drug-likeness (QED) is 0.748. The Morgan fingerprint density at radius 1 is 0.920 bits per heavy atom. The molecular weight excluding hydrogens is 312 g/mol. The number of carbonyl (C=O) groups excluding carboxylic acids is 2. The SMILES string of the molecule is CCNC(=O)c1cccc(NC(=O)Cc2ccc3cccccc2-3)c1. The van der Waals surface area contributed by atoms with Crippen LogP contribution in [0.25, 0.3) is 11.1 Å². The highest BCUT2D eigenvalue weighted by Gasteiger charge is 2.12. The first-order chi connectivity index (χ1) is 12.2. The van der Waals surface area contributed by atoms with Crippen LogP contribution in [0, 0.1) is 0 Å². The zero-order valence-corrected chi connectivity index (χ0v) is 14.1. The molecule has 0 radical (unpaired) electrons. The van der Waals surface area contributed by atoms with Gasteiger partial charge in [0.2, 0.25) is 5.91 Å². The van der Waals surface area contributed by atoms with E-state index in [0.717, 1.165) is 16.7 Å². The molecule has 1 aromatic carbocycles. The highest BCUT2D eigenvalue weighted by Crippen LogP contribution is 2.27. The summed E-state index contributed by atoms with van der Waals surface area (Å²) in [4.78, 5) is 24.3. The molecule has 4 nitrogen and oxygen atoms in total. The van der Waals surface area contributed by atoms with Gasteiger partial charge in [0, 0.05) is 17.8 Å². The number of anilines is 1. The molecule has 126 valence electrons. The van der Waals surface area contributed by atoms with Crippen LogP contribution in [0.2, 0.25) is 0 Å². The summed E-state index contributed by atoms with van der Waals surface area (Å²) in [6.07, 6.45) is 0.291. The smallest absolute Gasteiger partial charge is 0.251 e. The van der Waals surface area contributed by atoms with Crippen LogP contribution in [0.1, 0.15) is 22.8 Å². The minimum Gasteiger partial charge on any atom is -0.352 e. The molecule has 0 atom stereocenters.